The van der Waals surface area contributed by atoms with Gasteiger partial charge in [-0.1, -0.05) is 0 Å². The van der Waals surface area contributed by atoms with E-state index in [-0.39, 0.29) is 21.4 Å². The van der Waals surface area contributed by atoms with Gasteiger partial charge in [-0.05, 0) is 21.0 Å². The third-order valence-corrected chi connectivity index (χ3v) is 5.12. The number of rotatable bonds is 7. The topological polar surface area (TPSA) is 105 Å². The molecule has 0 unspecified atom stereocenters. The predicted molar refractivity (Wildman–Crippen MR) is 86.9 cm³/mol. The third-order valence-electron chi connectivity index (χ3n) is 2.66. The summed E-state index contributed by atoms with van der Waals surface area (Å²) in [5.74, 6) is -0.356. The fourth-order valence-corrected chi connectivity index (χ4v) is 4.23. The third kappa shape index (κ3) is 4.58. The monoisotopic (exact) mass is 334 g/mol. The molecule has 0 atom stereocenters. The largest absolute Gasteiger partial charge is 0.396 e. The van der Waals surface area contributed by atoms with Crippen LogP contribution in [0.25, 0.3) is 0 Å². The maximum absolute atomic E-state index is 11.9. The highest BCUT2D eigenvalue weighted by Gasteiger charge is 2.26. The highest BCUT2D eigenvalue weighted by Crippen LogP contribution is 2.39. The van der Waals surface area contributed by atoms with E-state index in [0.29, 0.717) is 18.1 Å². The van der Waals surface area contributed by atoms with Crippen LogP contribution in [0.1, 0.15) is 16.6 Å². The lowest BCUT2D eigenvalue weighted by Gasteiger charge is -2.11. The zero-order chi connectivity index (χ0) is 16.2. The van der Waals surface area contributed by atoms with Gasteiger partial charge in [0.15, 0.2) is 9.84 Å². The van der Waals surface area contributed by atoms with Gasteiger partial charge in [0.2, 0.25) is 0 Å². The molecule has 0 spiro atoms. The van der Waals surface area contributed by atoms with Crippen molar-refractivity contribution in [2.75, 3.05) is 51.0 Å². The van der Waals surface area contributed by atoms with Crippen molar-refractivity contribution >= 4 is 37.8 Å². The molecule has 21 heavy (non-hydrogen) atoms. The molecular formula is C12H22N4O3S2. The second-order valence-corrected chi connectivity index (χ2v) is 7.84. The Hall–Kier alpha value is -1.32. The minimum Gasteiger partial charge on any atom is -0.396 e. The van der Waals surface area contributed by atoms with Gasteiger partial charge in [0.25, 0.3) is 5.91 Å². The molecule has 7 nitrogen and oxygen atoms in total. The van der Waals surface area contributed by atoms with E-state index < -0.39 is 9.84 Å². The van der Waals surface area contributed by atoms with Crippen LogP contribution < -0.4 is 16.4 Å². The lowest BCUT2D eigenvalue weighted by Crippen LogP contribution is -2.22. The predicted octanol–water partition coefficient (Wildman–Crippen LogP) is 0.457. The Bertz CT molecular complexity index is 608. The number of nitrogen functional groups attached to an aromatic ring is 1. The molecule has 0 saturated heterocycles. The van der Waals surface area contributed by atoms with Crippen molar-refractivity contribution in [3.8, 4) is 0 Å². The van der Waals surface area contributed by atoms with E-state index in [9.17, 15) is 13.2 Å². The van der Waals surface area contributed by atoms with E-state index in [1.54, 1.807) is 6.92 Å². The number of anilines is 2. The molecule has 0 radical (unpaired) electrons. The first kappa shape index (κ1) is 17.7. The number of amides is 1. The van der Waals surface area contributed by atoms with Crippen molar-refractivity contribution < 1.29 is 13.2 Å². The summed E-state index contributed by atoms with van der Waals surface area (Å²) in [5.41, 5.74) is 5.89. The molecule has 1 heterocycles. The van der Waals surface area contributed by atoms with E-state index in [1.807, 2.05) is 19.0 Å². The number of likely N-dealkylation sites (N-methyl/N-ethyl adjacent to an activating group) is 1. The van der Waals surface area contributed by atoms with Gasteiger partial charge in [0.1, 0.15) is 14.8 Å². The summed E-state index contributed by atoms with van der Waals surface area (Å²) in [6.07, 6.45) is 1.09. The Kier molecular flexibility index (Phi) is 5.99. The first-order valence-corrected chi connectivity index (χ1v) is 9.18. The zero-order valence-electron chi connectivity index (χ0n) is 12.7. The average molecular weight is 334 g/mol. The first-order valence-electron chi connectivity index (χ1n) is 6.47. The smallest absolute Gasteiger partial charge is 0.263 e. The molecule has 0 aliphatic heterocycles. The van der Waals surface area contributed by atoms with Crippen LogP contribution in [0.3, 0.4) is 0 Å². The lowest BCUT2D eigenvalue weighted by atomic mass is 10.3. The fraction of sp³-hybridized carbons (Fsp3) is 0.583. The van der Waals surface area contributed by atoms with Gasteiger partial charge >= 0.3 is 0 Å². The van der Waals surface area contributed by atoms with E-state index in [1.165, 1.54) is 0 Å². The van der Waals surface area contributed by atoms with Crippen LogP contribution >= 0.6 is 11.3 Å². The van der Waals surface area contributed by atoms with Crippen LogP contribution in [0.15, 0.2) is 4.90 Å². The summed E-state index contributed by atoms with van der Waals surface area (Å²) in [6, 6.07) is 0. The summed E-state index contributed by atoms with van der Waals surface area (Å²) >= 11 is 1.07. The van der Waals surface area contributed by atoms with E-state index in [2.05, 4.69) is 10.6 Å². The van der Waals surface area contributed by atoms with Crippen molar-refractivity contribution in [3.05, 3.63) is 4.88 Å². The molecule has 0 aliphatic carbocycles. The molecule has 0 bridgehead atoms. The highest BCUT2D eigenvalue weighted by atomic mass is 32.2. The normalized spacial score (nSPS) is 11.7. The van der Waals surface area contributed by atoms with Gasteiger partial charge in [-0.3, -0.25) is 4.79 Å². The maximum Gasteiger partial charge on any atom is 0.263 e. The Morgan fingerprint density at radius 1 is 1.38 bits per heavy atom. The first-order chi connectivity index (χ1) is 9.68. The number of nitrogens with two attached hydrogens (primary N) is 1. The second-order valence-electron chi connectivity index (χ2n) is 4.86. The highest BCUT2D eigenvalue weighted by molar-refractivity contribution is 7.91. The second kappa shape index (κ2) is 7.10. The number of carbonyl (C=O) groups is 1. The van der Waals surface area contributed by atoms with Gasteiger partial charge in [-0.15, -0.1) is 11.3 Å². The number of thiophene rings is 1. The molecule has 1 amide bonds. The Balaban J connectivity index is 3.16. The van der Waals surface area contributed by atoms with Gasteiger partial charge in [-0.25, -0.2) is 8.42 Å². The fourth-order valence-electron chi connectivity index (χ4n) is 1.72. The minimum atomic E-state index is -3.51. The van der Waals surface area contributed by atoms with Crippen LogP contribution in [0, 0.1) is 0 Å². The molecule has 120 valence electrons. The Morgan fingerprint density at radius 2 is 2.00 bits per heavy atom. The van der Waals surface area contributed by atoms with Gasteiger partial charge in [0, 0.05) is 25.9 Å². The Morgan fingerprint density at radius 3 is 2.48 bits per heavy atom. The van der Waals surface area contributed by atoms with Crippen LogP contribution in [-0.4, -0.2) is 59.2 Å². The van der Waals surface area contributed by atoms with E-state index in [4.69, 9.17) is 5.73 Å². The van der Waals surface area contributed by atoms with Crippen LogP contribution in [-0.2, 0) is 9.84 Å². The minimum absolute atomic E-state index is 0.00695. The average Bonchev–Trinajstić information content (AvgIpc) is 2.65. The lowest BCUT2D eigenvalue weighted by molar-refractivity contribution is 0.0960. The number of nitrogens with zero attached hydrogens (tertiary/aromatic N) is 1. The number of carbonyl (C=O) groups excluding carboxylic acids is 1. The Labute approximate surface area is 129 Å². The molecule has 0 aliphatic rings. The SMILES string of the molecule is CCNC(=O)c1sc(NCCN(C)C)c(S(C)(=O)=O)c1N. The number of hydrogen-bond acceptors (Lipinski definition) is 7. The molecule has 4 N–H and O–H groups in total. The van der Waals surface area contributed by atoms with Crippen molar-refractivity contribution in [3.63, 3.8) is 0 Å². The molecule has 1 aromatic heterocycles. The van der Waals surface area contributed by atoms with Crippen molar-refractivity contribution in [2.24, 2.45) is 0 Å². The number of sulfone groups is 1. The number of nitrogens with one attached hydrogen (secondary N) is 2. The molecule has 9 heteroatoms. The number of hydrogen-bond donors (Lipinski definition) is 3. The summed E-state index contributed by atoms with van der Waals surface area (Å²) in [6.45, 7) is 3.53. The maximum atomic E-state index is 11.9. The summed E-state index contributed by atoms with van der Waals surface area (Å²) in [7, 11) is 0.324. The molecule has 0 aromatic carbocycles. The van der Waals surface area contributed by atoms with Crippen molar-refractivity contribution in [1.29, 1.82) is 0 Å². The van der Waals surface area contributed by atoms with Crippen molar-refractivity contribution in [2.45, 2.75) is 11.8 Å². The molecule has 0 fully saturated rings. The van der Waals surface area contributed by atoms with Gasteiger partial charge in [0.05, 0.1) is 5.69 Å². The molecule has 1 aromatic rings. The summed E-state index contributed by atoms with van der Waals surface area (Å²) in [5, 5.41) is 6.09. The zero-order valence-corrected chi connectivity index (χ0v) is 14.3. The summed E-state index contributed by atoms with van der Waals surface area (Å²) < 4.78 is 23.8. The van der Waals surface area contributed by atoms with Crippen molar-refractivity contribution in [1.82, 2.24) is 10.2 Å². The standard InChI is InChI=1S/C12H22N4O3S2/c1-5-14-11(17)9-8(13)10(21(4,18)19)12(20-9)15-6-7-16(2)3/h15H,5-7,13H2,1-4H3,(H,14,17). The van der Waals surface area contributed by atoms with Crippen LogP contribution in [0.4, 0.5) is 10.7 Å². The van der Waals surface area contributed by atoms with E-state index >= 15 is 0 Å². The van der Waals surface area contributed by atoms with Crippen LogP contribution in [0.2, 0.25) is 0 Å². The van der Waals surface area contributed by atoms with E-state index in [0.717, 1.165) is 24.1 Å². The van der Waals surface area contributed by atoms with Gasteiger partial charge < -0.3 is 21.3 Å². The molecule has 1 rings (SSSR count). The quantitative estimate of drug-likeness (QED) is 0.669. The van der Waals surface area contributed by atoms with Gasteiger partial charge in [-0.2, -0.15) is 0 Å². The van der Waals surface area contributed by atoms with Crippen LogP contribution in [0.5, 0.6) is 0 Å². The summed E-state index contributed by atoms with van der Waals surface area (Å²) in [4.78, 5) is 14.1. The molecule has 0 saturated carbocycles. The molecular weight excluding hydrogens is 312 g/mol.